The number of para-hydroxylation sites is 2. The summed E-state index contributed by atoms with van der Waals surface area (Å²) in [5, 5.41) is 24.0. The van der Waals surface area contributed by atoms with Crippen LogP contribution < -0.4 is 15.7 Å². The molecule has 17 heteroatoms. The van der Waals surface area contributed by atoms with Gasteiger partial charge in [0.2, 0.25) is 5.91 Å². The summed E-state index contributed by atoms with van der Waals surface area (Å²) < 4.78 is 24.2. The number of piperazine rings is 1. The van der Waals surface area contributed by atoms with Gasteiger partial charge in [-0.25, -0.2) is 5.48 Å². The molecule has 5 aromatic carbocycles. The lowest BCUT2D eigenvalue weighted by Crippen LogP contribution is -2.46. The van der Waals surface area contributed by atoms with Crippen LogP contribution in [0.5, 0.6) is 0 Å². The molecule has 1 fully saturated rings. The molecular weight excluding hydrogens is 862 g/mol. The molecule has 5 aromatic rings. The van der Waals surface area contributed by atoms with Crippen LogP contribution >= 0.6 is 23.4 Å². The molecule has 0 spiro atoms. The minimum absolute atomic E-state index is 0.0499. The fourth-order valence-corrected chi connectivity index (χ4v) is 8.37. The minimum Gasteiger partial charge on any atom is -0.376 e. The summed E-state index contributed by atoms with van der Waals surface area (Å²) >= 11 is 7.77. The smallest absolute Gasteiger partial charge is 0.319 e. The van der Waals surface area contributed by atoms with Crippen LogP contribution in [0.2, 0.25) is 5.02 Å². The molecule has 1 saturated heterocycles. The molecule has 1 aliphatic heterocycles. The number of halogens is 1. The molecule has 0 aliphatic carbocycles. The van der Waals surface area contributed by atoms with Crippen LogP contribution in [-0.2, 0) is 21.8 Å². The summed E-state index contributed by atoms with van der Waals surface area (Å²) in [5.74, 6) is -0.344. The fraction of sp³-hybridized carbons (Fsp3) is 0.304. The summed E-state index contributed by atoms with van der Waals surface area (Å²) in [4.78, 5) is 41.9. The highest BCUT2D eigenvalue weighted by Gasteiger charge is 2.20. The number of rotatable bonds is 19. The van der Waals surface area contributed by atoms with Crippen molar-refractivity contribution in [1.29, 1.82) is 0 Å². The first-order valence-corrected chi connectivity index (χ1v) is 22.9. The number of hydrogen-bond donors (Lipinski definition) is 3. The van der Waals surface area contributed by atoms with Gasteiger partial charge in [-0.15, -0.1) is 11.8 Å². The van der Waals surface area contributed by atoms with Crippen molar-refractivity contribution in [3.8, 4) is 11.1 Å². The molecular formula is C46H52ClN7O7S2. The first-order chi connectivity index (χ1) is 30.5. The molecule has 14 nitrogen and oxygen atoms in total. The van der Waals surface area contributed by atoms with Gasteiger partial charge in [-0.05, 0) is 111 Å². The second kappa shape index (κ2) is 25.5. The van der Waals surface area contributed by atoms with Crippen molar-refractivity contribution in [2.45, 2.75) is 43.2 Å². The molecule has 0 radical (unpaired) electrons. The van der Waals surface area contributed by atoms with Gasteiger partial charge in [0.15, 0.2) is 0 Å². The maximum atomic E-state index is 11.7. The van der Waals surface area contributed by atoms with Crippen molar-refractivity contribution < 1.29 is 28.1 Å². The lowest BCUT2D eigenvalue weighted by atomic mass is 9.99. The number of nitro benzene ring substituents is 1. The predicted molar refractivity (Wildman–Crippen MR) is 250 cm³/mol. The molecule has 6 rings (SSSR count). The minimum atomic E-state index is -2.74. The summed E-state index contributed by atoms with van der Waals surface area (Å²) in [6.07, 6.45) is 2.68. The summed E-state index contributed by atoms with van der Waals surface area (Å²) in [5.41, 5.74) is 7.18. The standard InChI is InChI=1S/C24H22ClN3O3S.C22H30N4O4S/c25-21-9-5-18(6-10-21)23-4-2-1-3-20(23)17-27-13-15-28(16-14-27)22-11-7-19(8-12-22)24(29)26-32(30)31;1-25(15-8-7-13-22(27)24-28)16-14-18(17-31-19-9-3-2-4-10-19)23-20-11-5-6-12-21(20)26(29)30/h1-12H,13-17H2;2-6,9-12,18,23,28H,7-8,13-17H2,1H3,(H,24,27). The number of nitrogens with zero attached hydrogens (tertiary/aromatic N) is 5. The van der Waals surface area contributed by atoms with E-state index in [1.165, 1.54) is 17.2 Å². The molecule has 1 aliphatic rings. The Kier molecular flexibility index (Phi) is 19.6. The monoisotopic (exact) mass is 913 g/mol. The summed E-state index contributed by atoms with van der Waals surface area (Å²) in [6, 6.07) is 40.1. The van der Waals surface area contributed by atoms with Gasteiger partial charge in [-0.2, -0.15) is 8.42 Å². The van der Waals surface area contributed by atoms with E-state index in [-0.39, 0.29) is 28.1 Å². The Morgan fingerprint density at radius 3 is 2.22 bits per heavy atom. The van der Waals surface area contributed by atoms with Crippen LogP contribution in [0.4, 0.5) is 17.1 Å². The van der Waals surface area contributed by atoms with Crippen molar-refractivity contribution >= 4 is 62.7 Å². The third-order valence-corrected chi connectivity index (χ3v) is 12.1. The quantitative estimate of drug-likeness (QED) is 0.0236. The van der Waals surface area contributed by atoms with E-state index in [9.17, 15) is 28.1 Å². The Morgan fingerprint density at radius 2 is 1.54 bits per heavy atom. The zero-order chi connectivity index (χ0) is 45.0. The van der Waals surface area contributed by atoms with E-state index < -0.39 is 16.4 Å². The van der Waals surface area contributed by atoms with Gasteiger partial charge in [-0.3, -0.25) is 29.8 Å². The topological polar surface area (TPSA) is 178 Å². The van der Waals surface area contributed by atoms with Gasteiger partial charge in [0.05, 0.1) is 4.92 Å². The van der Waals surface area contributed by atoms with E-state index in [0.29, 0.717) is 18.5 Å². The van der Waals surface area contributed by atoms with Crippen molar-refractivity contribution in [3.63, 3.8) is 0 Å². The van der Waals surface area contributed by atoms with Crippen molar-refractivity contribution in [2.24, 2.45) is 4.36 Å². The molecule has 3 N–H and O–H groups in total. The van der Waals surface area contributed by atoms with Crippen LogP contribution in [0.15, 0.2) is 137 Å². The third-order valence-electron chi connectivity index (χ3n) is 10.4. The third kappa shape index (κ3) is 16.2. The average molecular weight is 915 g/mol. The number of benzene rings is 5. The lowest BCUT2D eigenvalue weighted by Gasteiger charge is -2.36. The summed E-state index contributed by atoms with van der Waals surface area (Å²) in [7, 11) is -0.712. The molecule has 332 valence electrons. The SMILES string of the molecule is CN(CCCCC(=O)NO)CCC(CSc1ccccc1)Nc1ccccc1[N+](=O)[O-].O=C(N=S(=O)=O)c1ccc(N2CCN(Cc3ccccc3-c3ccc(Cl)cc3)CC2)cc1. The van der Waals surface area contributed by atoms with Crippen LogP contribution in [0.3, 0.4) is 0 Å². The number of amides is 2. The second-order valence-corrected chi connectivity index (χ2v) is 17.1. The molecule has 0 aromatic heterocycles. The van der Waals surface area contributed by atoms with E-state index in [1.807, 2.05) is 49.5 Å². The highest BCUT2D eigenvalue weighted by atomic mass is 35.5. The molecule has 0 bridgehead atoms. The Balaban J connectivity index is 0.000000238. The summed E-state index contributed by atoms with van der Waals surface area (Å²) in [6.45, 7) is 6.09. The zero-order valence-corrected chi connectivity index (χ0v) is 37.4. The van der Waals surface area contributed by atoms with Gasteiger partial charge < -0.3 is 15.1 Å². The Labute approximate surface area is 379 Å². The van der Waals surface area contributed by atoms with Crippen LogP contribution in [0.25, 0.3) is 11.1 Å². The maximum absolute atomic E-state index is 11.7. The number of unbranched alkanes of at least 4 members (excludes halogenated alkanes) is 1. The van der Waals surface area contributed by atoms with Gasteiger partial charge in [0, 0.05) is 78.2 Å². The van der Waals surface area contributed by atoms with Crippen molar-refractivity contribution in [2.75, 3.05) is 62.3 Å². The van der Waals surface area contributed by atoms with E-state index in [4.69, 9.17) is 16.8 Å². The van der Waals surface area contributed by atoms with E-state index in [2.05, 4.69) is 72.9 Å². The maximum Gasteiger partial charge on any atom is 0.319 e. The van der Waals surface area contributed by atoms with Crippen LogP contribution in [0.1, 0.15) is 41.6 Å². The largest absolute Gasteiger partial charge is 0.376 e. The number of thioether (sulfide) groups is 1. The number of hydrogen-bond acceptors (Lipinski definition) is 12. The van der Waals surface area contributed by atoms with Crippen molar-refractivity contribution in [3.05, 3.63) is 154 Å². The van der Waals surface area contributed by atoms with E-state index >= 15 is 0 Å². The zero-order valence-electron chi connectivity index (χ0n) is 35.0. The second-order valence-electron chi connectivity index (χ2n) is 14.9. The number of carbonyl (C=O) groups excluding carboxylic acids is 2. The number of nitro groups is 1. The lowest BCUT2D eigenvalue weighted by molar-refractivity contribution is -0.384. The molecule has 0 saturated carbocycles. The van der Waals surface area contributed by atoms with Crippen LogP contribution in [-0.4, -0.2) is 98.3 Å². The first kappa shape index (κ1) is 48.4. The van der Waals surface area contributed by atoms with Gasteiger partial charge in [0.1, 0.15) is 5.69 Å². The molecule has 1 atom stereocenters. The number of carbonyl (C=O) groups is 2. The first-order valence-electron chi connectivity index (χ1n) is 20.5. The van der Waals surface area contributed by atoms with Gasteiger partial charge >= 0.3 is 10.5 Å². The van der Waals surface area contributed by atoms with Crippen LogP contribution in [0, 0.1) is 10.1 Å². The normalized spacial score (nSPS) is 13.0. The fourth-order valence-electron chi connectivity index (χ4n) is 7.01. The Bertz CT molecular complexity index is 2380. The Hall–Kier alpha value is -5.62. The Morgan fingerprint density at radius 1 is 0.873 bits per heavy atom. The molecule has 2 amide bonds. The highest BCUT2D eigenvalue weighted by molar-refractivity contribution is 7.99. The van der Waals surface area contributed by atoms with Gasteiger partial charge in [-0.1, -0.05) is 82.7 Å². The molecule has 63 heavy (non-hydrogen) atoms. The predicted octanol–water partition coefficient (Wildman–Crippen LogP) is 8.70. The molecule has 1 heterocycles. The number of hydroxylamine groups is 1. The number of anilines is 2. The van der Waals surface area contributed by atoms with Crippen molar-refractivity contribution in [1.82, 2.24) is 15.3 Å². The molecule has 1 unspecified atom stereocenters. The number of nitrogens with one attached hydrogen (secondary N) is 2. The van der Waals surface area contributed by atoms with Gasteiger partial charge in [0.25, 0.3) is 11.6 Å². The average Bonchev–Trinajstić information content (AvgIpc) is 3.30. The highest BCUT2D eigenvalue weighted by Crippen LogP contribution is 2.29. The van der Waals surface area contributed by atoms with E-state index in [0.717, 1.165) is 85.6 Å². The van der Waals surface area contributed by atoms with E-state index in [1.54, 1.807) is 47.6 Å².